The SMILES string of the molecule is BC(=O)O.CN1C=CC=CC1. The van der Waals surface area contributed by atoms with Crippen molar-refractivity contribution >= 4 is 13.7 Å². The molecule has 0 saturated carbocycles. The van der Waals surface area contributed by atoms with Crippen molar-refractivity contribution in [2.24, 2.45) is 0 Å². The highest BCUT2D eigenvalue weighted by atomic mass is 16.4. The third-order valence-electron chi connectivity index (χ3n) is 0.981. The zero-order valence-corrected chi connectivity index (χ0v) is 6.82. The van der Waals surface area contributed by atoms with E-state index in [1.165, 1.54) is 0 Å². The second-order valence-electron chi connectivity index (χ2n) is 2.23. The molecule has 0 aromatic carbocycles. The molecule has 1 rings (SSSR count). The lowest BCUT2D eigenvalue weighted by molar-refractivity contribution is 0.220. The minimum absolute atomic E-state index is 0.833. The van der Waals surface area contributed by atoms with Gasteiger partial charge in [-0.2, -0.15) is 0 Å². The number of hydrogen-bond acceptors (Lipinski definition) is 2. The first kappa shape index (κ1) is 9.81. The van der Waals surface area contributed by atoms with Crippen LogP contribution in [0.15, 0.2) is 24.4 Å². The van der Waals surface area contributed by atoms with Gasteiger partial charge >= 0.3 is 0 Å². The Balaban J connectivity index is 0.000000218. The first-order valence-corrected chi connectivity index (χ1v) is 3.36. The number of carbonyl (C=O) groups is 1. The smallest absolute Gasteiger partial charge is 0.242 e. The van der Waals surface area contributed by atoms with Crippen LogP contribution in [0.5, 0.6) is 0 Å². The first-order chi connectivity index (χ1) is 5.13. The molecule has 0 saturated heterocycles. The van der Waals surface area contributed by atoms with Crippen LogP contribution >= 0.6 is 0 Å². The van der Waals surface area contributed by atoms with Crippen LogP contribution in [0.4, 0.5) is 4.79 Å². The summed E-state index contributed by atoms with van der Waals surface area (Å²) in [6.07, 6.45) is 8.27. The number of rotatable bonds is 0. The molecule has 0 bridgehead atoms. The zero-order chi connectivity index (χ0) is 8.69. The number of hydrogen-bond donors (Lipinski definition) is 1. The highest BCUT2D eigenvalue weighted by Gasteiger charge is 1.86. The Bertz CT molecular complexity index is 173. The van der Waals surface area contributed by atoms with Gasteiger partial charge in [-0.25, -0.2) is 0 Å². The number of nitrogens with zero attached hydrogens (tertiary/aromatic N) is 1. The Labute approximate surface area is 67.4 Å². The molecule has 0 aliphatic carbocycles. The van der Waals surface area contributed by atoms with E-state index in [0.717, 1.165) is 14.4 Å². The maximum absolute atomic E-state index is 9.00. The molecule has 4 heteroatoms. The Morgan fingerprint density at radius 1 is 1.64 bits per heavy atom. The van der Waals surface area contributed by atoms with Crippen LogP contribution < -0.4 is 0 Å². The predicted octanol–water partition coefficient (Wildman–Crippen LogP) is 0.299. The largest absolute Gasteiger partial charge is 0.490 e. The highest BCUT2D eigenvalue weighted by Crippen LogP contribution is 1.91. The summed E-state index contributed by atoms with van der Waals surface area (Å²) in [5.74, 6) is -0.833. The van der Waals surface area contributed by atoms with Gasteiger partial charge in [-0.1, -0.05) is 12.2 Å². The van der Waals surface area contributed by atoms with Crippen molar-refractivity contribution in [3.05, 3.63) is 24.4 Å². The average Bonchev–Trinajstić information content (AvgIpc) is 1.87. The van der Waals surface area contributed by atoms with E-state index in [9.17, 15) is 0 Å². The number of carboxylic acid groups (broad SMARTS) is 1. The fraction of sp³-hybridized carbons (Fsp3) is 0.286. The summed E-state index contributed by atoms with van der Waals surface area (Å²) in [7, 11) is 3.14. The molecule has 0 amide bonds. The standard InChI is InChI=1S/C6H9N.CH3BO2/c1-7-5-3-2-4-6-7;2-1(3)4/h2-5H,6H2,1H3;2H2,(H,3,4). The second kappa shape index (κ2) is 5.59. The first-order valence-electron chi connectivity index (χ1n) is 3.36. The Hall–Kier alpha value is -1.19. The summed E-state index contributed by atoms with van der Waals surface area (Å²) < 4.78 is 0. The van der Waals surface area contributed by atoms with E-state index < -0.39 is 5.87 Å². The highest BCUT2D eigenvalue weighted by molar-refractivity contribution is 6.54. The van der Waals surface area contributed by atoms with Gasteiger partial charge in [-0.3, -0.25) is 4.79 Å². The topological polar surface area (TPSA) is 40.5 Å². The van der Waals surface area contributed by atoms with Gasteiger partial charge in [0, 0.05) is 13.6 Å². The van der Waals surface area contributed by atoms with E-state index in [1.54, 1.807) is 0 Å². The molecule has 0 fully saturated rings. The van der Waals surface area contributed by atoms with E-state index in [2.05, 4.69) is 30.3 Å². The summed E-state index contributed by atoms with van der Waals surface area (Å²) in [5.41, 5.74) is 0. The zero-order valence-electron chi connectivity index (χ0n) is 6.82. The summed E-state index contributed by atoms with van der Waals surface area (Å²) in [4.78, 5) is 11.1. The van der Waals surface area contributed by atoms with Crippen molar-refractivity contribution < 1.29 is 9.90 Å². The van der Waals surface area contributed by atoms with Crippen molar-refractivity contribution in [2.75, 3.05) is 13.6 Å². The summed E-state index contributed by atoms with van der Waals surface area (Å²) >= 11 is 0. The normalized spacial score (nSPS) is 13.7. The van der Waals surface area contributed by atoms with Crippen LogP contribution in [-0.4, -0.2) is 37.3 Å². The van der Waals surface area contributed by atoms with Crippen LogP contribution in [-0.2, 0) is 0 Å². The summed E-state index contributed by atoms with van der Waals surface area (Å²) in [6.45, 7) is 1.05. The van der Waals surface area contributed by atoms with Gasteiger partial charge in [-0.15, -0.1) is 0 Å². The van der Waals surface area contributed by atoms with Crippen LogP contribution in [0, 0.1) is 0 Å². The maximum atomic E-state index is 9.00. The molecule has 11 heavy (non-hydrogen) atoms. The summed E-state index contributed by atoms with van der Waals surface area (Å²) in [5, 5.41) is 7.42. The molecule has 0 radical (unpaired) electrons. The van der Waals surface area contributed by atoms with Crippen molar-refractivity contribution in [3.63, 3.8) is 0 Å². The van der Waals surface area contributed by atoms with Gasteiger partial charge in [0.1, 0.15) is 0 Å². The molecule has 1 heterocycles. The Morgan fingerprint density at radius 2 is 2.18 bits per heavy atom. The lowest BCUT2D eigenvalue weighted by Gasteiger charge is -2.11. The molecular formula is C7H12BNO2. The monoisotopic (exact) mass is 153 g/mol. The van der Waals surface area contributed by atoms with Crippen molar-refractivity contribution in [1.82, 2.24) is 4.90 Å². The van der Waals surface area contributed by atoms with Crippen LogP contribution in [0.1, 0.15) is 0 Å². The fourth-order valence-electron chi connectivity index (χ4n) is 0.563. The van der Waals surface area contributed by atoms with Crippen molar-refractivity contribution in [1.29, 1.82) is 0 Å². The predicted molar refractivity (Wildman–Crippen MR) is 47.5 cm³/mol. The van der Waals surface area contributed by atoms with Crippen molar-refractivity contribution in [2.45, 2.75) is 0 Å². The van der Waals surface area contributed by atoms with Gasteiger partial charge in [0.25, 0.3) is 0 Å². The Kier molecular flexibility index (Phi) is 4.99. The third kappa shape index (κ3) is 8.81. The quantitative estimate of drug-likeness (QED) is 0.508. The minimum atomic E-state index is -0.833. The lowest BCUT2D eigenvalue weighted by atomic mass is 10.2. The van der Waals surface area contributed by atoms with Gasteiger partial charge in [0.15, 0.2) is 0 Å². The molecule has 60 valence electrons. The summed E-state index contributed by atoms with van der Waals surface area (Å²) in [6, 6.07) is 0. The number of allylic oxidation sites excluding steroid dienone is 2. The van der Waals surface area contributed by atoms with Gasteiger partial charge in [0.05, 0.1) is 0 Å². The van der Waals surface area contributed by atoms with Gasteiger partial charge < -0.3 is 10.0 Å². The van der Waals surface area contributed by atoms with Gasteiger partial charge in [0.2, 0.25) is 13.7 Å². The van der Waals surface area contributed by atoms with Crippen molar-refractivity contribution in [3.8, 4) is 0 Å². The molecule has 3 nitrogen and oxygen atoms in total. The van der Waals surface area contributed by atoms with E-state index in [1.807, 2.05) is 6.08 Å². The van der Waals surface area contributed by atoms with Crippen LogP contribution in [0.3, 0.4) is 0 Å². The maximum Gasteiger partial charge on any atom is 0.242 e. The molecule has 0 spiro atoms. The number of likely N-dealkylation sites (N-methyl/N-ethyl adjacent to an activating group) is 1. The van der Waals surface area contributed by atoms with Crippen LogP contribution in [0.2, 0.25) is 0 Å². The van der Waals surface area contributed by atoms with E-state index in [-0.39, 0.29) is 0 Å². The third-order valence-corrected chi connectivity index (χ3v) is 0.981. The van der Waals surface area contributed by atoms with E-state index >= 15 is 0 Å². The van der Waals surface area contributed by atoms with E-state index in [4.69, 9.17) is 9.90 Å². The lowest BCUT2D eigenvalue weighted by Crippen LogP contribution is -2.11. The molecule has 0 aromatic rings. The second-order valence-corrected chi connectivity index (χ2v) is 2.23. The molecule has 1 aliphatic rings. The van der Waals surface area contributed by atoms with Crippen LogP contribution in [0.25, 0.3) is 0 Å². The van der Waals surface area contributed by atoms with Gasteiger partial charge in [-0.05, 0) is 12.3 Å². The molecule has 0 unspecified atom stereocenters. The minimum Gasteiger partial charge on any atom is -0.490 e. The molecule has 0 aromatic heterocycles. The molecule has 1 N–H and O–H groups in total. The average molecular weight is 153 g/mol. The molecule has 0 atom stereocenters. The van der Waals surface area contributed by atoms with E-state index in [0.29, 0.717) is 0 Å². The fourth-order valence-corrected chi connectivity index (χ4v) is 0.563. The molecule has 1 aliphatic heterocycles. The Morgan fingerprint density at radius 3 is 2.36 bits per heavy atom. The molecular weight excluding hydrogens is 141 g/mol.